The van der Waals surface area contributed by atoms with E-state index in [4.69, 9.17) is 5.73 Å². The number of carbonyl (C=O) groups excluding carboxylic acids is 1. The van der Waals surface area contributed by atoms with Crippen molar-refractivity contribution in [2.75, 3.05) is 24.5 Å². The minimum Gasteiger partial charge on any atom is -0.366 e. The summed E-state index contributed by atoms with van der Waals surface area (Å²) in [6, 6.07) is 4.69. The third-order valence-electron chi connectivity index (χ3n) is 4.64. The zero-order valence-electron chi connectivity index (χ0n) is 13.0. The number of rotatable bonds is 6. The molecule has 1 saturated heterocycles. The summed E-state index contributed by atoms with van der Waals surface area (Å²) in [7, 11) is 0. The first-order valence-corrected chi connectivity index (χ1v) is 8.14. The summed E-state index contributed by atoms with van der Waals surface area (Å²) in [6.45, 7) is 2.04. The van der Waals surface area contributed by atoms with E-state index in [9.17, 15) is 14.9 Å². The Morgan fingerprint density at radius 2 is 2.09 bits per heavy atom. The molecule has 7 nitrogen and oxygen atoms in total. The second-order valence-electron chi connectivity index (χ2n) is 6.31. The van der Waals surface area contributed by atoms with E-state index >= 15 is 0 Å². The monoisotopic (exact) mass is 318 g/mol. The number of nitro groups is 1. The van der Waals surface area contributed by atoms with Gasteiger partial charge in [0, 0.05) is 37.3 Å². The van der Waals surface area contributed by atoms with E-state index in [-0.39, 0.29) is 17.6 Å². The summed E-state index contributed by atoms with van der Waals surface area (Å²) in [5.41, 5.74) is 6.61. The van der Waals surface area contributed by atoms with E-state index in [0.29, 0.717) is 23.7 Å². The second-order valence-corrected chi connectivity index (χ2v) is 6.31. The van der Waals surface area contributed by atoms with Crippen LogP contribution in [0.15, 0.2) is 18.2 Å². The third kappa shape index (κ3) is 3.44. The van der Waals surface area contributed by atoms with E-state index in [1.54, 1.807) is 12.1 Å². The molecule has 7 heteroatoms. The van der Waals surface area contributed by atoms with Crippen molar-refractivity contribution in [2.45, 2.75) is 31.7 Å². The van der Waals surface area contributed by atoms with Crippen molar-refractivity contribution in [3.63, 3.8) is 0 Å². The maximum atomic E-state index is 12.4. The lowest BCUT2D eigenvalue weighted by Gasteiger charge is -2.19. The van der Waals surface area contributed by atoms with Crippen LogP contribution in [-0.4, -0.2) is 36.5 Å². The first-order valence-electron chi connectivity index (χ1n) is 8.14. The fourth-order valence-corrected chi connectivity index (χ4v) is 3.16. The molecule has 23 heavy (non-hydrogen) atoms. The number of carbonyl (C=O) groups is 1. The minimum atomic E-state index is -0.411. The normalized spacial score (nSPS) is 18.7. The summed E-state index contributed by atoms with van der Waals surface area (Å²) in [5.74, 6) is 0.159. The van der Waals surface area contributed by atoms with E-state index < -0.39 is 4.92 Å². The SMILES string of the molecule is NCC(NC(=O)c1ccc(N2CCCC2)c([N+](=O)[O-])c1)C1CC1. The van der Waals surface area contributed by atoms with Gasteiger partial charge in [0.25, 0.3) is 11.6 Å². The molecule has 1 saturated carbocycles. The Morgan fingerprint density at radius 1 is 1.39 bits per heavy atom. The molecule has 1 aromatic rings. The van der Waals surface area contributed by atoms with Crippen molar-refractivity contribution in [1.29, 1.82) is 0 Å². The summed E-state index contributed by atoms with van der Waals surface area (Å²) >= 11 is 0. The van der Waals surface area contributed by atoms with Gasteiger partial charge in [0.2, 0.25) is 0 Å². The van der Waals surface area contributed by atoms with Gasteiger partial charge in [0.15, 0.2) is 0 Å². The van der Waals surface area contributed by atoms with Gasteiger partial charge in [0.05, 0.1) is 4.92 Å². The molecule has 0 radical (unpaired) electrons. The fourth-order valence-electron chi connectivity index (χ4n) is 3.16. The smallest absolute Gasteiger partial charge is 0.293 e. The van der Waals surface area contributed by atoms with Gasteiger partial charge in [-0.1, -0.05) is 0 Å². The molecule has 1 amide bonds. The van der Waals surface area contributed by atoms with Crippen LogP contribution in [0.1, 0.15) is 36.0 Å². The lowest BCUT2D eigenvalue weighted by atomic mass is 10.1. The van der Waals surface area contributed by atoms with Crippen LogP contribution in [0.3, 0.4) is 0 Å². The number of nitro benzene ring substituents is 1. The molecular formula is C16H22N4O3. The number of benzene rings is 1. The standard InChI is InChI=1S/C16H22N4O3/c17-10-13(11-3-4-11)18-16(21)12-5-6-14(15(9-12)20(22)23)19-7-1-2-8-19/h5-6,9,11,13H,1-4,7-8,10,17H2,(H,18,21). The van der Waals surface area contributed by atoms with Crippen molar-refractivity contribution < 1.29 is 9.72 Å². The predicted octanol–water partition coefficient (Wildman–Crippen LogP) is 1.66. The zero-order chi connectivity index (χ0) is 16.4. The molecule has 2 fully saturated rings. The predicted molar refractivity (Wildman–Crippen MR) is 87.6 cm³/mol. The van der Waals surface area contributed by atoms with E-state index in [1.165, 1.54) is 6.07 Å². The second kappa shape index (κ2) is 6.54. The van der Waals surface area contributed by atoms with E-state index in [1.807, 2.05) is 4.90 Å². The average Bonchev–Trinajstić information content (AvgIpc) is 3.25. The number of nitrogens with zero attached hydrogens (tertiary/aromatic N) is 2. The van der Waals surface area contributed by atoms with Gasteiger partial charge in [-0.3, -0.25) is 14.9 Å². The summed E-state index contributed by atoms with van der Waals surface area (Å²) in [4.78, 5) is 25.3. The van der Waals surface area contributed by atoms with E-state index in [0.717, 1.165) is 38.8 Å². The molecule has 3 N–H and O–H groups in total. The lowest BCUT2D eigenvalue weighted by Crippen LogP contribution is -2.41. The molecule has 0 aromatic heterocycles. The summed E-state index contributed by atoms with van der Waals surface area (Å²) in [5, 5.41) is 14.3. The Balaban J connectivity index is 1.80. The summed E-state index contributed by atoms with van der Waals surface area (Å²) in [6.07, 6.45) is 4.24. The van der Waals surface area contributed by atoms with Crippen LogP contribution in [0.4, 0.5) is 11.4 Å². The number of nitrogens with two attached hydrogens (primary N) is 1. The first kappa shape index (κ1) is 15.7. The largest absolute Gasteiger partial charge is 0.366 e. The van der Waals surface area contributed by atoms with Crippen LogP contribution < -0.4 is 16.0 Å². The highest BCUT2D eigenvalue weighted by molar-refractivity contribution is 5.96. The molecular weight excluding hydrogens is 296 g/mol. The number of amides is 1. The fraction of sp³-hybridized carbons (Fsp3) is 0.562. The molecule has 0 spiro atoms. The van der Waals surface area contributed by atoms with Gasteiger partial charge in [-0.25, -0.2) is 0 Å². The summed E-state index contributed by atoms with van der Waals surface area (Å²) < 4.78 is 0. The topological polar surface area (TPSA) is 102 Å². The molecule has 124 valence electrons. The molecule has 0 bridgehead atoms. The maximum Gasteiger partial charge on any atom is 0.293 e. The Kier molecular flexibility index (Phi) is 4.47. The lowest BCUT2D eigenvalue weighted by molar-refractivity contribution is -0.384. The van der Waals surface area contributed by atoms with Crippen LogP contribution >= 0.6 is 0 Å². The Morgan fingerprint density at radius 3 is 2.65 bits per heavy atom. The number of hydrogen-bond acceptors (Lipinski definition) is 5. The van der Waals surface area contributed by atoms with Crippen molar-refractivity contribution in [2.24, 2.45) is 11.7 Å². The van der Waals surface area contributed by atoms with Gasteiger partial charge in [-0.05, 0) is 43.7 Å². The van der Waals surface area contributed by atoms with Crippen molar-refractivity contribution >= 4 is 17.3 Å². The van der Waals surface area contributed by atoms with Crippen LogP contribution in [0, 0.1) is 16.0 Å². The van der Waals surface area contributed by atoms with Crippen LogP contribution in [0.2, 0.25) is 0 Å². The molecule has 3 rings (SSSR count). The third-order valence-corrected chi connectivity index (χ3v) is 4.64. The first-order chi connectivity index (χ1) is 11.1. The highest BCUT2D eigenvalue weighted by Crippen LogP contribution is 2.33. The zero-order valence-corrected chi connectivity index (χ0v) is 13.0. The van der Waals surface area contributed by atoms with E-state index in [2.05, 4.69) is 5.32 Å². The van der Waals surface area contributed by atoms with Crippen molar-refractivity contribution in [3.8, 4) is 0 Å². The Bertz CT molecular complexity index is 609. The number of nitrogens with one attached hydrogen (secondary N) is 1. The van der Waals surface area contributed by atoms with Crippen LogP contribution in [0.25, 0.3) is 0 Å². The van der Waals surface area contributed by atoms with Gasteiger partial charge in [-0.15, -0.1) is 0 Å². The highest BCUT2D eigenvalue weighted by Gasteiger charge is 2.32. The molecule has 1 aliphatic carbocycles. The van der Waals surface area contributed by atoms with Crippen molar-refractivity contribution in [3.05, 3.63) is 33.9 Å². The Labute approximate surface area is 135 Å². The molecule has 1 atom stereocenters. The molecule has 1 unspecified atom stereocenters. The average molecular weight is 318 g/mol. The number of anilines is 1. The Hall–Kier alpha value is -2.15. The van der Waals surface area contributed by atoms with Crippen LogP contribution in [-0.2, 0) is 0 Å². The van der Waals surface area contributed by atoms with Gasteiger partial charge >= 0.3 is 0 Å². The highest BCUT2D eigenvalue weighted by atomic mass is 16.6. The molecule has 1 aliphatic heterocycles. The van der Waals surface area contributed by atoms with Crippen LogP contribution in [0.5, 0.6) is 0 Å². The minimum absolute atomic E-state index is 0.00438. The van der Waals surface area contributed by atoms with Gasteiger partial charge in [0.1, 0.15) is 5.69 Å². The maximum absolute atomic E-state index is 12.4. The molecule has 2 aliphatic rings. The van der Waals surface area contributed by atoms with Crippen molar-refractivity contribution in [1.82, 2.24) is 5.32 Å². The molecule has 1 heterocycles. The number of hydrogen-bond donors (Lipinski definition) is 2. The quantitative estimate of drug-likeness (QED) is 0.613. The molecule has 1 aromatic carbocycles. The van der Waals surface area contributed by atoms with Gasteiger partial charge < -0.3 is 16.0 Å². The van der Waals surface area contributed by atoms with Gasteiger partial charge in [-0.2, -0.15) is 0 Å².